The highest BCUT2D eigenvalue weighted by Gasteiger charge is 2.32. The number of amides is 1. The Morgan fingerprint density at radius 3 is 2.27 bits per heavy atom. The van der Waals surface area contributed by atoms with Gasteiger partial charge in [-0.15, -0.1) is 0 Å². The van der Waals surface area contributed by atoms with Crippen molar-refractivity contribution in [1.82, 2.24) is 19.7 Å². The average molecular weight is 465 g/mol. The van der Waals surface area contributed by atoms with E-state index >= 15 is 0 Å². The molecule has 0 spiro atoms. The standard InChI is InChI=1S/C22H20F5N5O/c1-13-20(14(2)32(29-13)18-5-4-16(23)11-17(18)24)21(33)31-9-7-30(8-10-31)19-6-3-15(12-28-19)22(25,26)27/h3-6,11-12H,7-10H2,1-2H3. The van der Waals surface area contributed by atoms with E-state index < -0.39 is 23.4 Å². The second-order valence-electron chi connectivity index (χ2n) is 7.74. The van der Waals surface area contributed by atoms with E-state index in [0.29, 0.717) is 48.9 Å². The zero-order chi connectivity index (χ0) is 23.9. The van der Waals surface area contributed by atoms with Gasteiger partial charge in [-0.1, -0.05) is 0 Å². The van der Waals surface area contributed by atoms with Gasteiger partial charge < -0.3 is 9.80 Å². The number of piperazine rings is 1. The van der Waals surface area contributed by atoms with Gasteiger partial charge in [-0.25, -0.2) is 18.4 Å². The van der Waals surface area contributed by atoms with Crippen LogP contribution in [0.2, 0.25) is 0 Å². The van der Waals surface area contributed by atoms with Crippen LogP contribution < -0.4 is 4.90 Å². The molecule has 3 aromatic rings. The van der Waals surface area contributed by atoms with Crippen LogP contribution in [0.4, 0.5) is 27.8 Å². The van der Waals surface area contributed by atoms with Crippen LogP contribution in [-0.2, 0) is 6.18 Å². The lowest BCUT2D eigenvalue weighted by molar-refractivity contribution is -0.137. The lowest BCUT2D eigenvalue weighted by Crippen LogP contribution is -2.49. The summed E-state index contributed by atoms with van der Waals surface area (Å²) in [7, 11) is 0. The molecule has 0 saturated carbocycles. The first-order chi connectivity index (χ1) is 15.6. The Morgan fingerprint density at radius 2 is 1.70 bits per heavy atom. The molecular formula is C22H20F5N5O. The van der Waals surface area contributed by atoms with Gasteiger partial charge in [0.1, 0.15) is 17.3 Å². The number of carbonyl (C=O) groups is 1. The monoisotopic (exact) mass is 465 g/mol. The molecule has 1 fully saturated rings. The molecule has 0 unspecified atom stereocenters. The van der Waals surface area contributed by atoms with Gasteiger partial charge in [0.15, 0.2) is 5.82 Å². The Labute approximate surface area is 186 Å². The van der Waals surface area contributed by atoms with Crippen molar-refractivity contribution >= 4 is 11.7 Å². The Kier molecular flexibility index (Phi) is 5.81. The highest BCUT2D eigenvalue weighted by Crippen LogP contribution is 2.29. The zero-order valence-electron chi connectivity index (χ0n) is 17.8. The molecule has 1 saturated heterocycles. The third-order valence-corrected chi connectivity index (χ3v) is 5.61. The smallest absolute Gasteiger partial charge is 0.353 e. The predicted molar refractivity (Wildman–Crippen MR) is 110 cm³/mol. The van der Waals surface area contributed by atoms with Crippen LogP contribution in [-0.4, -0.2) is 51.8 Å². The fourth-order valence-electron chi connectivity index (χ4n) is 3.88. The first-order valence-corrected chi connectivity index (χ1v) is 10.2. The second kappa shape index (κ2) is 8.45. The molecule has 11 heteroatoms. The molecule has 33 heavy (non-hydrogen) atoms. The summed E-state index contributed by atoms with van der Waals surface area (Å²) in [6.07, 6.45) is -3.66. The Bertz CT molecular complexity index is 1180. The summed E-state index contributed by atoms with van der Waals surface area (Å²) in [6, 6.07) is 5.42. The van der Waals surface area contributed by atoms with Gasteiger partial charge in [0.25, 0.3) is 5.91 Å². The maximum absolute atomic E-state index is 14.2. The fourth-order valence-corrected chi connectivity index (χ4v) is 3.88. The molecule has 1 aromatic carbocycles. The zero-order valence-corrected chi connectivity index (χ0v) is 17.8. The van der Waals surface area contributed by atoms with Gasteiger partial charge in [-0.3, -0.25) is 4.79 Å². The van der Waals surface area contributed by atoms with E-state index in [9.17, 15) is 26.7 Å². The van der Waals surface area contributed by atoms with Crippen molar-refractivity contribution in [3.8, 4) is 5.69 Å². The molecule has 1 amide bonds. The molecule has 0 aliphatic carbocycles. The minimum Gasteiger partial charge on any atom is -0.353 e. The van der Waals surface area contributed by atoms with E-state index in [1.807, 2.05) is 0 Å². The molecule has 0 radical (unpaired) electrons. The number of halogens is 5. The highest BCUT2D eigenvalue weighted by atomic mass is 19.4. The molecule has 1 aliphatic rings. The van der Waals surface area contributed by atoms with Gasteiger partial charge >= 0.3 is 6.18 Å². The number of rotatable bonds is 3. The number of aromatic nitrogens is 3. The number of hydrogen-bond donors (Lipinski definition) is 0. The third-order valence-electron chi connectivity index (χ3n) is 5.61. The van der Waals surface area contributed by atoms with E-state index in [1.54, 1.807) is 23.6 Å². The molecule has 6 nitrogen and oxygen atoms in total. The molecule has 0 atom stereocenters. The number of benzene rings is 1. The summed E-state index contributed by atoms with van der Waals surface area (Å²) in [4.78, 5) is 20.5. The maximum atomic E-state index is 14.2. The fraction of sp³-hybridized carbons (Fsp3) is 0.318. The molecule has 174 valence electrons. The van der Waals surface area contributed by atoms with Crippen LogP contribution in [0.25, 0.3) is 5.69 Å². The van der Waals surface area contributed by atoms with Crippen LogP contribution in [0.15, 0.2) is 36.5 Å². The summed E-state index contributed by atoms with van der Waals surface area (Å²) in [6.45, 7) is 4.72. The minimum atomic E-state index is -4.45. The largest absolute Gasteiger partial charge is 0.417 e. The molecule has 0 N–H and O–H groups in total. The van der Waals surface area contributed by atoms with Crippen LogP contribution >= 0.6 is 0 Å². The van der Waals surface area contributed by atoms with Crippen LogP contribution in [0, 0.1) is 25.5 Å². The Balaban J connectivity index is 1.49. The topological polar surface area (TPSA) is 54.3 Å². The number of hydrogen-bond acceptors (Lipinski definition) is 4. The van der Waals surface area contributed by atoms with E-state index in [4.69, 9.17) is 0 Å². The van der Waals surface area contributed by atoms with E-state index in [2.05, 4.69) is 10.1 Å². The first-order valence-electron chi connectivity index (χ1n) is 10.2. The predicted octanol–water partition coefficient (Wildman–Crippen LogP) is 4.14. The van der Waals surface area contributed by atoms with Crippen LogP contribution in [0.1, 0.15) is 27.3 Å². The number of aryl methyl sites for hydroxylation is 1. The third kappa shape index (κ3) is 4.39. The lowest BCUT2D eigenvalue weighted by Gasteiger charge is -2.35. The average Bonchev–Trinajstić information content (AvgIpc) is 3.06. The van der Waals surface area contributed by atoms with Crippen molar-refractivity contribution < 1.29 is 26.7 Å². The normalized spacial score (nSPS) is 14.6. The molecule has 2 aromatic heterocycles. The minimum absolute atomic E-state index is 0.0363. The van der Waals surface area contributed by atoms with E-state index in [1.165, 1.54) is 16.8 Å². The van der Waals surface area contributed by atoms with Gasteiger partial charge in [-0.2, -0.15) is 18.3 Å². The van der Waals surface area contributed by atoms with Crippen molar-refractivity contribution in [2.75, 3.05) is 31.1 Å². The Morgan fingerprint density at radius 1 is 1.00 bits per heavy atom. The molecule has 1 aliphatic heterocycles. The number of nitrogens with zero attached hydrogens (tertiary/aromatic N) is 5. The number of alkyl halides is 3. The maximum Gasteiger partial charge on any atom is 0.417 e. The van der Waals surface area contributed by atoms with Crippen molar-refractivity contribution in [3.05, 3.63) is 70.7 Å². The Hall–Kier alpha value is -3.50. The van der Waals surface area contributed by atoms with Crippen LogP contribution in [0.5, 0.6) is 0 Å². The van der Waals surface area contributed by atoms with Gasteiger partial charge in [-0.05, 0) is 38.1 Å². The summed E-state index contributed by atoms with van der Waals surface area (Å²) < 4.78 is 67.0. The van der Waals surface area contributed by atoms with Crippen molar-refractivity contribution in [2.45, 2.75) is 20.0 Å². The SMILES string of the molecule is Cc1nn(-c2ccc(F)cc2F)c(C)c1C(=O)N1CCN(c2ccc(C(F)(F)F)cn2)CC1. The van der Waals surface area contributed by atoms with Crippen molar-refractivity contribution in [3.63, 3.8) is 0 Å². The second-order valence-corrected chi connectivity index (χ2v) is 7.74. The van der Waals surface area contributed by atoms with Crippen molar-refractivity contribution in [1.29, 1.82) is 0 Å². The van der Waals surface area contributed by atoms with Crippen LogP contribution in [0.3, 0.4) is 0 Å². The van der Waals surface area contributed by atoms with Gasteiger partial charge in [0.2, 0.25) is 0 Å². The lowest BCUT2D eigenvalue weighted by atomic mass is 10.1. The molecule has 0 bridgehead atoms. The summed E-state index contributed by atoms with van der Waals surface area (Å²) >= 11 is 0. The van der Waals surface area contributed by atoms with Gasteiger partial charge in [0.05, 0.1) is 22.5 Å². The summed E-state index contributed by atoms with van der Waals surface area (Å²) in [5.74, 6) is -1.38. The van der Waals surface area contributed by atoms with E-state index in [-0.39, 0.29) is 11.6 Å². The highest BCUT2D eigenvalue weighted by molar-refractivity contribution is 5.96. The summed E-state index contributed by atoms with van der Waals surface area (Å²) in [5.41, 5.74) is 0.387. The van der Waals surface area contributed by atoms with E-state index in [0.717, 1.165) is 24.4 Å². The van der Waals surface area contributed by atoms with Gasteiger partial charge in [0, 0.05) is 38.4 Å². The molecule has 4 rings (SSSR count). The van der Waals surface area contributed by atoms with Crippen molar-refractivity contribution in [2.24, 2.45) is 0 Å². The quantitative estimate of drug-likeness (QED) is 0.546. The molecular weight excluding hydrogens is 445 g/mol. The first kappa shape index (κ1) is 22.7. The number of pyridine rings is 1. The summed E-state index contributed by atoms with van der Waals surface area (Å²) in [5, 5.41) is 4.27. The number of anilines is 1. The molecule has 3 heterocycles. The number of carbonyl (C=O) groups excluding carboxylic acids is 1.